The van der Waals surface area contributed by atoms with Gasteiger partial charge in [0, 0.05) is 15.9 Å². The topological polar surface area (TPSA) is 78.4 Å². The number of halogens is 1. The van der Waals surface area contributed by atoms with Gasteiger partial charge in [-0.25, -0.2) is 0 Å². The molecule has 0 atom stereocenters. The van der Waals surface area contributed by atoms with Crippen LogP contribution in [0.3, 0.4) is 0 Å². The molecule has 0 fully saturated rings. The van der Waals surface area contributed by atoms with E-state index in [9.17, 15) is 9.36 Å². The molecule has 0 N–H and O–H groups in total. The van der Waals surface area contributed by atoms with Crippen LogP contribution in [0.15, 0.2) is 41.3 Å². The Balaban J connectivity index is 1.88. The van der Waals surface area contributed by atoms with E-state index in [1.807, 2.05) is 12.1 Å². The summed E-state index contributed by atoms with van der Waals surface area (Å²) in [6, 6.07) is 8.78. The van der Waals surface area contributed by atoms with Crippen LogP contribution in [-0.4, -0.2) is 29.3 Å². The molecular formula is C19H20ClN2O4PS. The average molecular weight is 439 g/mol. The monoisotopic (exact) mass is 438 g/mol. The molecule has 0 spiro atoms. The van der Waals surface area contributed by atoms with Crippen molar-refractivity contribution in [1.82, 2.24) is 9.97 Å². The zero-order valence-corrected chi connectivity index (χ0v) is 18.0. The molecule has 1 aromatic carbocycles. The van der Waals surface area contributed by atoms with Crippen LogP contribution in [0.25, 0.3) is 20.8 Å². The minimum atomic E-state index is -3.12. The summed E-state index contributed by atoms with van der Waals surface area (Å²) in [5, 5.41) is 1.60. The Morgan fingerprint density at radius 2 is 1.89 bits per heavy atom. The number of pyridine rings is 1. The molecule has 0 amide bonds. The molecule has 0 saturated carbocycles. The summed E-state index contributed by atoms with van der Waals surface area (Å²) in [6.07, 6.45) is 2.42. The van der Waals surface area contributed by atoms with E-state index in [0.717, 1.165) is 10.3 Å². The van der Waals surface area contributed by atoms with Gasteiger partial charge in [0.25, 0.3) is 5.56 Å². The SMILES string of the molecule is CCOP(=O)(CCc1ccnc(-c2nc(=O)c3ccc(Cl)cc3s2)c1)OCC. The van der Waals surface area contributed by atoms with Crippen LogP contribution >= 0.6 is 30.5 Å². The minimum Gasteiger partial charge on any atom is -0.309 e. The molecule has 2 aromatic heterocycles. The summed E-state index contributed by atoms with van der Waals surface area (Å²) in [7, 11) is -3.12. The van der Waals surface area contributed by atoms with Crippen molar-refractivity contribution in [3.05, 3.63) is 57.5 Å². The van der Waals surface area contributed by atoms with Gasteiger partial charge in [-0.05, 0) is 56.2 Å². The summed E-state index contributed by atoms with van der Waals surface area (Å²) in [5.74, 6) is 0. The van der Waals surface area contributed by atoms with E-state index in [-0.39, 0.29) is 11.7 Å². The van der Waals surface area contributed by atoms with Crippen LogP contribution in [-0.2, 0) is 20.0 Å². The van der Waals surface area contributed by atoms with E-state index >= 15 is 0 Å². The lowest BCUT2D eigenvalue weighted by Crippen LogP contribution is -2.06. The molecule has 0 aliphatic carbocycles. The molecule has 6 nitrogen and oxygen atoms in total. The first kappa shape index (κ1) is 21.1. The van der Waals surface area contributed by atoms with Gasteiger partial charge in [0.15, 0.2) is 0 Å². The zero-order chi connectivity index (χ0) is 20.1. The van der Waals surface area contributed by atoms with Gasteiger partial charge in [-0.3, -0.25) is 14.3 Å². The highest BCUT2D eigenvalue weighted by Gasteiger charge is 2.23. The van der Waals surface area contributed by atoms with Crippen LogP contribution in [0, 0.1) is 0 Å². The van der Waals surface area contributed by atoms with E-state index in [2.05, 4.69) is 9.97 Å². The zero-order valence-electron chi connectivity index (χ0n) is 15.6. The number of aromatic nitrogens is 2. The Labute approximate surface area is 172 Å². The van der Waals surface area contributed by atoms with Crippen LogP contribution in [0.1, 0.15) is 19.4 Å². The third-order valence-electron chi connectivity index (χ3n) is 3.95. The van der Waals surface area contributed by atoms with Gasteiger partial charge in [-0.1, -0.05) is 11.6 Å². The van der Waals surface area contributed by atoms with Gasteiger partial charge in [-0.15, -0.1) is 11.3 Å². The van der Waals surface area contributed by atoms with Crippen molar-refractivity contribution in [3.63, 3.8) is 0 Å². The number of fused-ring (bicyclic) bond motifs is 1. The molecule has 0 saturated heterocycles. The molecule has 0 radical (unpaired) electrons. The van der Waals surface area contributed by atoms with Crippen LogP contribution in [0.2, 0.25) is 5.02 Å². The number of aryl methyl sites for hydroxylation is 1. The summed E-state index contributed by atoms with van der Waals surface area (Å²) in [6.45, 7) is 4.23. The van der Waals surface area contributed by atoms with E-state index in [4.69, 9.17) is 20.6 Å². The second kappa shape index (κ2) is 9.25. The standard InChI is InChI=1S/C19H20ClN2O4PS/c1-3-25-27(24,26-4-2)10-8-13-7-9-21-16(11-13)19-22-18(23)15-6-5-14(20)12-17(15)28-19/h5-7,9,11-12H,3-4,8,10H2,1-2H3. The summed E-state index contributed by atoms with van der Waals surface area (Å²) in [4.78, 5) is 20.8. The Hall–Kier alpha value is -1.63. The van der Waals surface area contributed by atoms with Crippen molar-refractivity contribution >= 4 is 40.6 Å². The van der Waals surface area contributed by atoms with Gasteiger partial charge < -0.3 is 9.05 Å². The molecule has 2 heterocycles. The number of benzene rings is 1. The van der Waals surface area contributed by atoms with Crippen molar-refractivity contribution in [2.45, 2.75) is 20.3 Å². The first-order valence-electron chi connectivity index (χ1n) is 8.88. The van der Waals surface area contributed by atoms with Gasteiger partial charge in [0.1, 0.15) is 5.01 Å². The van der Waals surface area contributed by atoms with Crippen LogP contribution < -0.4 is 5.56 Å². The molecule has 28 heavy (non-hydrogen) atoms. The fourth-order valence-electron chi connectivity index (χ4n) is 2.72. The Morgan fingerprint density at radius 3 is 2.61 bits per heavy atom. The smallest absolute Gasteiger partial charge is 0.309 e. The van der Waals surface area contributed by atoms with Gasteiger partial charge in [0.05, 0.1) is 30.5 Å². The predicted molar refractivity (Wildman–Crippen MR) is 114 cm³/mol. The molecule has 3 aromatic rings. The maximum Gasteiger partial charge on any atom is 0.330 e. The number of rotatable bonds is 8. The van der Waals surface area contributed by atoms with E-state index in [1.54, 1.807) is 38.2 Å². The predicted octanol–water partition coefficient (Wildman–Crippen LogP) is 5.18. The average Bonchev–Trinajstić information content (AvgIpc) is 2.67. The van der Waals surface area contributed by atoms with Crippen LogP contribution in [0.5, 0.6) is 0 Å². The summed E-state index contributed by atoms with van der Waals surface area (Å²) in [5.41, 5.74) is 1.19. The maximum absolute atomic E-state index is 12.6. The highest BCUT2D eigenvalue weighted by Crippen LogP contribution is 2.48. The molecule has 148 valence electrons. The van der Waals surface area contributed by atoms with Crippen LogP contribution in [0.4, 0.5) is 0 Å². The molecular weight excluding hydrogens is 419 g/mol. The fraction of sp³-hybridized carbons (Fsp3) is 0.316. The third kappa shape index (κ3) is 5.04. The Bertz CT molecular complexity index is 1080. The first-order valence-corrected chi connectivity index (χ1v) is 11.8. The fourth-order valence-corrected chi connectivity index (χ4v) is 5.61. The highest BCUT2D eigenvalue weighted by atomic mass is 35.5. The molecule has 0 unspecified atom stereocenters. The minimum absolute atomic E-state index is 0.273. The molecule has 0 aliphatic heterocycles. The normalized spacial score (nSPS) is 11.8. The second-order valence-corrected chi connectivity index (χ2v) is 9.59. The van der Waals surface area contributed by atoms with Crippen molar-refractivity contribution in [3.8, 4) is 10.7 Å². The number of hydrogen-bond acceptors (Lipinski definition) is 7. The van der Waals surface area contributed by atoms with E-state index < -0.39 is 7.60 Å². The Morgan fingerprint density at radius 1 is 1.14 bits per heavy atom. The summed E-state index contributed by atoms with van der Waals surface area (Å²) < 4.78 is 24.1. The van der Waals surface area contributed by atoms with Crippen molar-refractivity contribution in [2.75, 3.05) is 19.4 Å². The van der Waals surface area contributed by atoms with Crippen molar-refractivity contribution in [1.29, 1.82) is 0 Å². The lowest BCUT2D eigenvalue weighted by Gasteiger charge is -2.16. The largest absolute Gasteiger partial charge is 0.330 e. The van der Waals surface area contributed by atoms with Crippen molar-refractivity contribution in [2.24, 2.45) is 0 Å². The Kier molecular flexibility index (Phi) is 6.96. The van der Waals surface area contributed by atoms with Gasteiger partial charge in [-0.2, -0.15) is 4.98 Å². The third-order valence-corrected chi connectivity index (χ3v) is 7.31. The highest BCUT2D eigenvalue weighted by molar-refractivity contribution is 7.53. The maximum atomic E-state index is 12.6. The molecule has 0 bridgehead atoms. The number of nitrogens with zero attached hydrogens (tertiary/aromatic N) is 2. The lowest BCUT2D eigenvalue weighted by molar-refractivity contribution is 0.220. The summed E-state index contributed by atoms with van der Waals surface area (Å²) >= 11 is 7.40. The first-order chi connectivity index (χ1) is 13.4. The van der Waals surface area contributed by atoms with E-state index in [1.165, 1.54) is 11.3 Å². The van der Waals surface area contributed by atoms with Crippen molar-refractivity contribution < 1.29 is 13.6 Å². The second-order valence-electron chi connectivity index (χ2n) is 5.93. The quantitative estimate of drug-likeness (QED) is 0.451. The molecule has 0 aliphatic rings. The molecule has 9 heteroatoms. The van der Waals surface area contributed by atoms with E-state index in [0.29, 0.717) is 40.7 Å². The molecule has 3 rings (SSSR count). The van der Waals surface area contributed by atoms with Gasteiger partial charge >= 0.3 is 7.60 Å². The van der Waals surface area contributed by atoms with Gasteiger partial charge in [0.2, 0.25) is 0 Å². The number of hydrogen-bond donors (Lipinski definition) is 0. The lowest BCUT2D eigenvalue weighted by atomic mass is 10.2.